The number of carbonyl (C=O) groups excluding carboxylic acids is 1. The highest BCUT2D eigenvalue weighted by Crippen LogP contribution is 2.31. The molecule has 4 rings (SSSR count). The second-order valence-electron chi connectivity index (χ2n) is 8.20. The van der Waals surface area contributed by atoms with Crippen molar-refractivity contribution in [3.05, 3.63) is 42.1 Å². The van der Waals surface area contributed by atoms with Crippen molar-refractivity contribution in [1.82, 2.24) is 20.1 Å². The number of alkyl halides is 2. The Morgan fingerprint density at radius 2 is 2.13 bits per heavy atom. The molecule has 1 saturated heterocycles. The zero-order valence-corrected chi connectivity index (χ0v) is 17.6. The third-order valence-corrected chi connectivity index (χ3v) is 5.26. The molecule has 1 aliphatic heterocycles. The van der Waals surface area contributed by atoms with E-state index >= 15 is 0 Å². The van der Waals surface area contributed by atoms with Gasteiger partial charge in [0.2, 0.25) is 0 Å². The van der Waals surface area contributed by atoms with E-state index in [1.807, 2.05) is 20.8 Å². The van der Waals surface area contributed by atoms with Crippen LogP contribution in [0.3, 0.4) is 0 Å². The van der Waals surface area contributed by atoms with Gasteiger partial charge in [0.25, 0.3) is 5.91 Å². The van der Waals surface area contributed by atoms with Crippen LogP contribution >= 0.6 is 0 Å². The molecular weight excluding hydrogens is 406 g/mol. The maximum atomic E-state index is 12.8. The third kappa shape index (κ3) is 4.36. The van der Waals surface area contributed by atoms with Crippen LogP contribution in [0.4, 0.5) is 8.78 Å². The predicted octanol–water partition coefficient (Wildman–Crippen LogP) is 4.19. The van der Waals surface area contributed by atoms with E-state index < -0.39 is 12.2 Å². The fourth-order valence-electron chi connectivity index (χ4n) is 3.66. The van der Waals surface area contributed by atoms with Gasteiger partial charge in [-0.05, 0) is 45.4 Å². The van der Waals surface area contributed by atoms with Crippen molar-refractivity contribution in [2.45, 2.75) is 45.4 Å². The number of fused-ring (bicyclic) bond motifs is 1. The Morgan fingerprint density at radius 1 is 1.32 bits per heavy atom. The molecule has 7 nitrogen and oxygen atoms in total. The molecule has 0 spiro atoms. The Labute approximate surface area is 178 Å². The zero-order chi connectivity index (χ0) is 22.2. The molecule has 1 N–H and O–H groups in total. The number of hydrogen-bond donors (Lipinski definition) is 1. The Kier molecular flexibility index (Phi) is 5.62. The molecule has 3 heterocycles. The molecule has 0 bridgehead atoms. The summed E-state index contributed by atoms with van der Waals surface area (Å²) in [4.78, 5) is 17.3. The number of carbonyl (C=O) groups is 1. The van der Waals surface area contributed by atoms with Crippen LogP contribution in [0.25, 0.3) is 22.3 Å². The van der Waals surface area contributed by atoms with Crippen molar-refractivity contribution in [3.63, 3.8) is 0 Å². The van der Waals surface area contributed by atoms with E-state index in [-0.39, 0.29) is 17.7 Å². The van der Waals surface area contributed by atoms with E-state index in [9.17, 15) is 13.6 Å². The number of hydrogen-bond acceptors (Lipinski definition) is 5. The van der Waals surface area contributed by atoms with Crippen molar-refractivity contribution in [2.75, 3.05) is 13.2 Å². The monoisotopic (exact) mass is 430 g/mol. The second-order valence-corrected chi connectivity index (χ2v) is 8.20. The molecule has 31 heavy (non-hydrogen) atoms. The average Bonchev–Trinajstić information content (AvgIpc) is 3.31. The van der Waals surface area contributed by atoms with Gasteiger partial charge >= 0.3 is 6.61 Å². The zero-order valence-electron chi connectivity index (χ0n) is 17.6. The normalized spacial score (nSPS) is 18.8. The molecule has 9 heteroatoms. The van der Waals surface area contributed by atoms with Gasteiger partial charge in [-0.1, -0.05) is 12.1 Å². The lowest BCUT2D eigenvalue weighted by Crippen LogP contribution is -2.46. The summed E-state index contributed by atoms with van der Waals surface area (Å²) >= 11 is 0. The van der Waals surface area contributed by atoms with Gasteiger partial charge in [-0.15, -0.1) is 0 Å². The van der Waals surface area contributed by atoms with Gasteiger partial charge in [-0.2, -0.15) is 13.9 Å². The van der Waals surface area contributed by atoms with Gasteiger partial charge in [0.15, 0.2) is 0 Å². The number of rotatable bonds is 6. The van der Waals surface area contributed by atoms with Crippen molar-refractivity contribution < 1.29 is 23.0 Å². The summed E-state index contributed by atoms with van der Waals surface area (Å²) in [5.41, 5.74) is 2.42. The van der Waals surface area contributed by atoms with Crippen LogP contribution in [-0.4, -0.2) is 46.0 Å². The molecule has 0 unspecified atom stereocenters. The number of ether oxygens (including phenoxy) is 2. The van der Waals surface area contributed by atoms with E-state index in [2.05, 4.69) is 20.1 Å². The first-order valence-electron chi connectivity index (χ1n) is 10.1. The van der Waals surface area contributed by atoms with E-state index in [4.69, 9.17) is 4.74 Å². The highest BCUT2D eigenvalue weighted by Gasteiger charge is 2.32. The lowest BCUT2D eigenvalue weighted by atomic mass is 10.0. The average molecular weight is 430 g/mol. The molecule has 1 aromatic carbocycles. The second kappa shape index (κ2) is 8.22. The quantitative estimate of drug-likeness (QED) is 0.635. The van der Waals surface area contributed by atoms with Gasteiger partial charge < -0.3 is 14.8 Å². The van der Waals surface area contributed by atoms with Crippen molar-refractivity contribution >= 4 is 16.9 Å². The molecule has 1 aliphatic rings. The standard InChI is InChI=1S/C22H24F2N4O3/c1-13(2)28-17-10-15(20(29)26-22(3)7-8-30-12-22)11-25-19(17)18(27-28)14-5-4-6-16(9-14)31-21(23)24/h4-6,9-11,13,21H,7-8,12H2,1-3H3,(H,26,29)/t22-/m0/s1. The maximum absolute atomic E-state index is 12.8. The molecule has 0 radical (unpaired) electrons. The van der Waals surface area contributed by atoms with E-state index in [1.54, 1.807) is 22.9 Å². The molecule has 1 amide bonds. The topological polar surface area (TPSA) is 78.3 Å². The first-order chi connectivity index (χ1) is 14.8. The minimum Gasteiger partial charge on any atom is -0.435 e. The SMILES string of the molecule is CC(C)n1nc(-c2cccc(OC(F)F)c2)c2ncc(C(=O)N[C@@]3(C)CCOC3)cc21. The Hall–Kier alpha value is -3.07. The van der Waals surface area contributed by atoms with Gasteiger partial charge in [-0.3, -0.25) is 14.5 Å². The number of benzene rings is 1. The first-order valence-corrected chi connectivity index (χ1v) is 10.1. The highest BCUT2D eigenvalue weighted by atomic mass is 19.3. The molecule has 1 atom stereocenters. The Balaban J connectivity index is 1.73. The number of amides is 1. The number of aromatic nitrogens is 3. The summed E-state index contributed by atoms with van der Waals surface area (Å²) in [6.45, 7) is 4.07. The fraction of sp³-hybridized carbons (Fsp3) is 0.409. The van der Waals surface area contributed by atoms with Gasteiger partial charge in [0.05, 0.1) is 23.2 Å². The van der Waals surface area contributed by atoms with Crippen molar-refractivity contribution in [1.29, 1.82) is 0 Å². The highest BCUT2D eigenvalue weighted by molar-refractivity contribution is 5.99. The maximum Gasteiger partial charge on any atom is 0.387 e. The van der Waals surface area contributed by atoms with Gasteiger partial charge in [0, 0.05) is 24.4 Å². The van der Waals surface area contributed by atoms with Crippen LogP contribution in [0.5, 0.6) is 5.75 Å². The molecular formula is C22H24F2N4O3. The van der Waals surface area contributed by atoms with Crippen LogP contribution in [0, 0.1) is 0 Å². The summed E-state index contributed by atoms with van der Waals surface area (Å²) in [5.74, 6) is -0.185. The smallest absolute Gasteiger partial charge is 0.387 e. The molecule has 0 aliphatic carbocycles. The molecule has 2 aromatic heterocycles. The van der Waals surface area contributed by atoms with Crippen LogP contribution in [-0.2, 0) is 4.74 Å². The van der Waals surface area contributed by atoms with Crippen LogP contribution < -0.4 is 10.1 Å². The fourth-order valence-corrected chi connectivity index (χ4v) is 3.66. The molecule has 0 saturated carbocycles. The van der Waals surface area contributed by atoms with Gasteiger partial charge in [0.1, 0.15) is 17.0 Å². The number of pyridine rings is 1. The summed E-state index contributed by atoms with van der Waals surface area (Å²) in [7, 11) is 0. The molecule has 164 valence electrons. The van der Waals surface area contributed by atoms with E-state index in [1.165, 1.54) is 18.3 Å². The Morgan fingerprint density at radius 3 is 2.81 bits per heavy atom. The van der Waals surface area contributed by atoms with Crippen molar-refractivity contribution in [2.24, 2.45) is 0 Å². The summed E-state index contributed by atoms with van der Waals surface area (Å²) in [6.07, 6.45) is 2.26. The number of nitrogens with one attached hydrogen (secondary N) is 1. The lowest BCUT2D eigenvalue weighted by Gasteiger charge is -2.23. The van der Waals surface area contributed by atoms with Crippen LogP contribution in [0.1, 0.15) is 43.6 Å². The predicted molar refractivity (Wildman–Crippen MR) is 111 cm³/mol. The minimum atomic E-state index is -2.91. The first kappa shape index (κ1) is 21.2. The minimum absolute atomic E-state index is 0.00222. The van der Waals surface area contributed by atoms with E-state index in [0.29, 0.717) is 41.1 Å². The van der Waals surface area contributed by atoms with Crippen LogP contribution in [0.15, 0.2) is 36.5 Å². The third-order valence-electron chi connectivity index (χ3n) is 5.26. The number of nitrogens with zero attached hydrogens (tertiary/aromatic N) is 3. The molecule has 3 aromatic rings. The summed E-state index contributed by atoms with van der Waals surface area (Å²) < 4.78 is 36.9. The van der Waals surface area contributed by atoms with Crippen LogP contribution in [0.2, 0.25) is 0 Å². The van der Waals surface area contributed by atoms with E-state index in [0.717, 1.165) is 6.42 Å². The molecule has 1 fully saturated rings. The van der Waals surface area contributed by atoms with Crippen molar-refractivity contribution in [3.8, 4) is 17.0 Å². The largest absolute Gasteiger partial charge is 0.435 e. The summed E-state index contributed by atoms with van der Waals surface area (Å²) in [5, 5.41) is 7.68. The Bertz CT molecular complexity index is 1110. The lowest BCUT2D eigenvalue weighted by molar-refractivity contribution is -0.0498. The number of halogens is 2. The van der Waals surface area contributed by atoms with Gasteiger partial charge in [-0.25, -0.2) is 0 Å². The summed E-state index contributed by atoms with van der Waals surface area (Å²) in [6, 6.07) is 8.10.